The smallest absolute Gasteiger partial charge is 0.417 e. The van der Waals surface area contributed by atoms with Crippen molar-refractivity contribution in [2.24, 2.45) is 0 Å². The maximum atomic E-state index is 12.7. The Hall–Kier alpha value is -3.43. The van der Waals surface area contributed by atoms with Gasteiger partial charge in [0.1, 0.15) is 0 Å². The van der Waals surface area contributed by atoms with Crippen LogP contribution < -0.4 is 10.1 Å². The zero-order valence-electron chi connectivity index (χ0n) is 15.0. The van der Waals surface area contributed by atoms with Crippen LogP contribution in [-0.4, -0.2) is 32.8 Å². The number of pyridine rings is 2. The number of carbonyl (C=O) groups excluding carboxylic acids is 1. The molecule has 0 spiro atoms. The van der Waals surface area contributed by atoms with E-state index in [4.69, 9.17) is 4.74 Å². The highest BCUT2D eigenvalue weighted by Gasteiger charge is 2.30. The topological polar surface area (TPSA) is 81.9 Å². The first-order chi connectivity index (χ1) is 13.3. The van der Waals surface area contributed by atoms with E-state index >= 15 is 0 Å². The summed E-state index contributed by atoms with van der Waals surface area (Å²) in [6.07, 6.45) is -0.809. The lowest BCUT2D eigenvalue weighted by atomic mass is 10.2. The number of halogens is 3. The average molecular weight is 391 g/mol. The SMILES string of the molecule is COc1ccc(CNC(=O)c2cnn(-c3ccc(C(F)(F)F)cn3)c2C)cn1. The van der Waals surface area contributed by atoms with Gasteiger partial charge in [-0.25, -0.2) is 14.6 Å². The van der Waals surface area contributed by atoms with Crippen LogP contribution in [0.5, 0.6) is 5.88 Å². The molecule has 3 rings (SSSR count). The number of nitrogens with zero attached hydrogens (tertiary/aromatic N) is 4. The molecule has 0 saturated carbocycles. The first-order valence-electron chi connectivity index (χ1n) is 8.15. The molecule has 0 fully saturated rings. The lowest BCUT2D eigenvalue weighted by molar-refractivity contribution is -0.137. The Bertz CT molecular complexity index is 966. The first-order valence-corrected chi connectivity index (χ1v) is 8.15. The number of hydrogen-bond acceptors (Lipinski definition) is 5. The number of aromatic nitrogens is 4. The zero-order chi connectivity index (χ0) is 20.3. The highest BCUT2D eigenvalue weighted by molar-refractivity contribution is 5.95. The number of nitrogens with one attached hydrogen (secondary N) is 1. The van der Waals surface area contributed by atoms with Gasteiger partial charge < -0.3 is 10.1 Å². The third kappa shape index (κ3) is 4.11. The largest absolute Gasteiger partial charge is 0.481 e. The molecular formula is C18H16F3N5O2. The lowest BCUT2D eigenvalue weighted by Gasteiger charge is -2.08. The number of methoxy groups -OCH3 is 1. The second kappa shape index (κ2) is 7.67. The van der Waals surface area contributed by atoms with Crippen molar-refractivity contribution in [3.8, 4) is 11.7 Å². The molecule has 0 radical (unpaired) electrons. The van der Waals surface area contributed by atoms with Gasteiger partial charge >= 0.3 is 6.18 Å². The minimum absolute atomic E-state index is 0.184. The van der Waals surface area contributed by atoms with Gasteiger partial charge in [0.25, 0.3) is 5.91 Å². The van der Waals surface area contributed by atoms with E-state index in [1.807, 2.05) is 0 Å². The summed E-state index contributed by atoms with van der Waals surface area (Å²) >= 11 is 0. The molecule has 0 atom stereocenters. The standard InChI is InChI=1S/C18H16F3N5O2/c1-11-14(17(27)24-8-12-3-6-16(28-2)23-7-12)10-25-26(11)15-5-4-13(9-22-15)18(19,20)21/h3-7,9-10H,8H2,1-2H3,(H,24,27). The van der Waals surface area contributed by atoms with Gasteiger partial charge in [-0.2, -0.15) is 18.3 Å². The molecule has 10 heteroatoms. The van der Waals surface area contributed by atoms with Crippen LogP contribution >= 0.6 is 0 Å². The van der Waals surface area contributed by atoms with Gasteiger partial charge in [-0.05, 0) is 24.6 Å². The number of hydrogen-bond donors (Lipinski definition) is 1. The molecule has 0 bridgehead atoms. The first kappa shape index (κ1) is 19.3. The van der Waals surface area contributed by atoms with E-state index in [1.165, 1.54) is 24.1 Å². The molecule has 0 aliphatic carbocycles. The fourth-order valence-corrected chi connectivity index (χ4v) is 2.46. The van der Waals surface area contributed by atoms with Crippen molar-refractivity contribution >= 4 is 5.91 Å². The molecule has 0 saturated heterocycles. The number of carbonyl (C=O) groups is 1. The lowest BCUT2D eigenvalue weighted by Crippen LogP contribution is -2.23. The van der Waals surface area contributed by atoms with Gasteiger partial charge in [0.05, 0.1) is 30.1 Å². The number of ether oxygens (including phenoxy) is 1. The molecule has 7 nitrogen and oxygen atoms in total. The van der Waals surface area contributed by atoms with Crippen LogP contribution in [0.4, 0.5) is 13.2 Å². The molecular weight excluding hydrogens is 375 g/mol. The summed E-state index contributed by atoms with van der Waals surface area (Å²) in [7, 11) is 1.51. The molecule has 146 valence electrons. The van der Waals surface area contributed by atoms with Gasteiger partial charge in [-0.15, -0.1) is 0 Å². The van der Waals surface area contributed by atoms with Crippen LogP contribution in [0.25, 0.3) is 5.82 Å². The maximum absolute atomic E-state index is 12.7. The number of alkyl halides is 3. The Balaban J connectivity index is 1.72. The number of amides is 1. The summed E-state index contributed by atoms with van der Waals surface area (Å²) < 4.78 is 44.2. The highest BCUT2D eigenvalue weighted by atomic mass is 19.4. The minimum atomic E-state index is -4.47. The summed E-state index contributed by atoms with van der Waals surface area (Å²) in [6.45, 7) is 1.88. The van der Waals surface area contributed by atoms with Crippen molar-refractivity contribution in [3.63, 3.8) is 0 Å². The predicted molar refractivity (Wildman–Crippen MR) is 93.1 cm³/mol. The Kier molecular flexibility index (Phi) is 5.30. The second-order valence-corrected chi connectivity index (χ2v) is 5.85. The van der Waals surface area contributed by atoms with E-state index in [1.54, 1.807) is 25.3 Å². The Morgan fingerprint density at radius 3 is 2.50 bits per heavy atom. The summed E-state index contributed by atoms with van der Waals surface area (Å²) in [5.74, 6) is 0.284. The fraction of sp³-hybridized carbons (Fsp3) is 0.222. The van der Waals surface area contributed by atoms with Crippen molar-refractivity contribution in [1.82, 2.24) is 25.1 Å². The Labute approximate surface area is 158 Å². The Morgan fingerprint density at radius 1 is 1.14 bits per heavy atom. The third-order valence-electron chi connectivity index (χ3n) is 4.01. The van der Waals surface area contributed by atoms with Crippen LogP contribution in [0.2, 0.25) is 0 Å². The van der Waals surface area contributed by atoms with Crippen molar-refractivity contribution < 1.29 is 22.7 Å². The van der Waals surface area contributed by atoms with E-state index in [9.17, 15) is 18.0 Å². The summed E-state index contributed by atoms with van der Waals surface area (Å²) in [4.78, 5) is 20.3. The van der Waals surface area contributed by atoms with Gasteiger partial charge in [0.2, 0.25) is 5.88 Å². The van der Waals surface area contributed by atoms with Crippen LogP contribution in [-0.2, 0) is 12.7 Å². The molecule has 0 aliphatic rings. The quantitative estimate of drug-likeness (QED) is 0.723. The van der Waals surface area contributed by atoms with Crippen molar-refractivity contribution in [1.29, 1.82) is 0 Å². The van der Waals surface area contributed by atoms with Gasteiger partial charge in [-0.1, -0.05) is 6.07 Å². The van der Waals surface area contributed by atoms with Crippen LogP contribution in [0.15, 0.2) is 42.9 Å². The molecule has 3 aromatic heterocycles. The molecule has 28 heavy (non-hydrogen) atoms. The van der Waals surface area contributed by atoms with Gasteiger partial charge in [-0.3, -0.25) is 4.79 Å². The predicted octanol–water partition coefficient (Wildman–Crippen LogP) is 2.93. The van der Waals surface area contributed by atoms with E-state index in [2.05, 4.69) is 20.4 Å². The van der Waals surface area contributed by atoms with Crippen LogP contribution in [0.1, 0.15) is 27.2 Å². The molecule has 1 amide bonds. The normalized spacial score (nSPS) is 11.3. The Morgan fingerprint density at radius 2 is 1.93 bits per heavy atom. The summed E-state index contributed by atoms with van der Waals surface area (Å²) in [6, 6.07) is 5.57. The summed E-state index contributed by atoms with van der Waals surface area (Å²) in [5, 5.41) is 6.80. The summed E-state index contributed by atoms with van der Waals surface area (Å²) in [5.41, 5.74) is 0.677. The molecule has 0 unspecified atom stereocenters. The van der Waals surface area contributed by atoms with E-state index in [0.29, 0.717) is 17.1 Å². The molecule has 3 aromatic rings. The van der Waals surface area contributed by atoms with Crippen LogP contribution in [0.3, 0.4) is 0 Å². The van der Waals surface area contributed by atoms with E-state index in [-0.39, 0.29) is 18.3 Å². The fourth-order valence-electron chi connectivity index (χ4n) is 2.46. The average Bonchev–Trinajstić information content (AvgIpc) is 3.07. The minimum Gasteiger partial charge on any atom is -0.481 e. The highest BCUT2D eigenvalue weighted by Crippen LogP contribution is 2.28. The maximum Gasteiger partial charge on any atom is 0.417 e. The molecule has 1 N–H and O–H groups in total. The van der Waals surface area contributed by atoms with Gasteiger partial charge in [0, 0.05) is 25.0 Å². The van der Waals surface area contributed by atoms with E-state index < -0.39 is 11.7 Å². The molecule has 0 aromatic carbocycles. The third-order valence-corrected chi connectivity index (χ3v) is 4.01. The zero-order valence-corrected chi connectivity index (χ0v) is 15.0. The van der Waals surface area contributed by atoms with Crippen LogP contribution in [0, 0.1) is 6.92 Å². The molecule has 3 heterocycles. The molecule has 0 aliphatic heterocycles. The second-order valence-electron chi connectivity index (χ2n) is 5.85. The van der Waals surface area contributed by atoms with Crippen molar-refractivity contribution in [2.75, 3.05) is 7.11 Å². The van der Waals surface area contributed by atoms with E-state index in [0.717, 1.165) is 17.8 Å². The number of rotatable bonds is 5. The van der Waals surface area contributed by atoms with Crippen molar-refractivity contribution in [2.45, 2.75) is 19.6 Å². The van der Waals surface area contributed by atoms with Crippen molar-refractivity contribution in [3.05, 3.63) is 65.2 Å². The van der Waals surface area contributed by atoms with Gasteiger partial charge in [0.15, 0.2) is 5.82 Å². The monoisotopic (exact) mass is 391 g/mol.